The molecule has 1 saturated carbocycles. The lowest BCUT2D eigenvalue weighted by molar-refractivity contribution is -0.157. The van der Waals surface area contributed by atoms with Gasteiger partial charge < -0.3 is 19.7 Å². The maximum atomic E-state index is 15.0. The standard InChI is InChI=1S/C22H28FN3O5/c1-12(27)24-8-14-11-30-21(29)26(14)13-5-6-18(17(23)7-13)25-9-15-16(10-25)19(15)20(28)31-22(2,3)4/h5-7,14-16,19H,8-11H2,1-4H3,(H,24,27)/t14-,15-,16+,19?/m0/s1. The van der Waals surface area contributed by atoms with Crippen molar-refractivity contribution in [2.24, 2.45) is 17.8 Å². The second-order valence-electron chi connectivity index (χ2n) is 9.47. The Balaban J connectivity index is 1.41. The maximum absolute atomic E-state index is 15.0. The van der Waals surface area contributed by atoms with Crippen LogP contribution in [0.15, 0.2) is 18.2 Å². The highest BCUT2D eigenvalue weighted by Gasteiger charge is 2.61. The Kier molecular flexibility index (Phi) is 5.31. The number of carbonyl (C=O) groups excluding carboxylic acids is 3. The summed E-state index contributed by atoms with van der Waals surface area (Å²) in [7, 11) is 0. The van der Waals surface area contributed by atoms with Crippen LogP contribution in [-0.2, 0) is 19.1 Å². The maximum Gasteiger partial charge on any atom is 0.414 e. The number of cyclic esters (lactones) is 1. The van der Waals surface area contributed by atoms with E-state index in [2.05, 4.69) is 5.32 Å². The van der Waals surface area contributed by atoms with Crippen LogP contribution in [0, 0.1) is 23.6 Å². The number of anilines is 2. The fourth-order valence-electron chi connectivity index (χ4n) is 4.53. The summed E-state index contributed by atoms with van der Waals surface area (Å²) in [6.07, 6.45) is -0.565. The number of benzene rings is 1. The average Bonchev–Trinajstić information content (AvgIpc) is 2.98. The molecule has 1 N–H and O–H groups in total. The van der Waals surface area contributed by atoms with Gasteiger partial charge in [0.15, 0.2) is 0 Å². The summed E-state index contributed by atoms with van der Waals surface area (Å²) >= 11 is 0. The molecular weight excluding hydrogens is 405 g/mol. The Labute approximate surface area is 180 Å². The first kappa shape index (κ1) is 21.4. The Morgan fingerprint density at radius 2 is 1.94 bits per heavy atom. The molecule has 2 saturated heterocycles. The number of rotatable bonds is 5. The van der Waals surface area contributed by atoms with Crippen LogP contribution in [0.3, 0.4) is 0 Å². The molecule has 2 amide bonds. The number of piperidine rings is 1. The van der Waals surface area contributed by atoms with Crippen molar-refractivity contribution >= 4 is 29.3 Å². The van der Waals surface area contributed by atoms with Crippen LogP contribution < -0.4 is 15.1 Å². The van der Waals surface area contributed by atoms with Crippen LogP contribution >= 0.6 is 0 Å². The predicted octanol–water partition coefficient (Wildman–Crippen LogP) is 2.31. The molecule has 0 bridgehead atoms. The molecule has 168 valence electrons. The van der Waals surface area contributed by atoms with E-state index in [1.807, 2.05) is 25.7 Å². The van der Waals surface area contributed by atoms with Gasteiger partial charge in [-0.15, -0.1) is 0 Å². The number of amides is 2. The Morgan fingerprint density at radius 3 is 2.52 bits per heavy atom. The molecule has 0 aromatic heterocycles. The van der Waals surface area contributed by atoms with Crippen molar-refractivity contribution in [3.05, 3.63) is 24.0 Å². The third kappa shape index (κ3) is 4.31. The van der Waals surface area contributed by atoms with Gasteiger partial charge in [-0.2, -0.15) is 0 Å². The van der Waals surface area contributed by atoms with Crippen molar-refractivity contribution in [2.75, 3.05) is 36.0 Å². The molecule has 3 fully saturated rings. The van der Waals surface area contributed by atoms with E-state index >= 15 is 0 Å². The summed E-state index contributed by atoms with van der Waals surface area (Å²) in [5.74, 6) is -0.555. The molecule has 0 spiro atoms. The van der Waals surface area contributed by atoms with Gasteiger partial charge in [0.1, 0.15) is 18.0 Å². The SMILES string of the molecule is CC(=O)NC[C@H]1COC(=O)N1c1ccc(N2C[C@@H]3C(C(=O)OC(C)(C)C)[C@@H]3C2)c(F)c1. The predicted molar refractivity (Wildman–Crippen MR) is 111 cm³/mol. The lowest BCUT2D eigenvalue weighted by Crippen LogP contribution is -2.42. The van der Waals surface area contributed by atoms with Crippen LogP contribution in [0.25, 0.3) is 0 Å². The van der Waals surface area contributed by atoms with Crippen LogP contribution in [-0.4, -0.2) is 55.9 Å². The molecule has 2 heterocycles. The first-order valence-corrected chi connectivity index (χ1v) is 10.5. The minimum Gasteiger partial charge on any atom is -0.460 e. The van der Waals surface area contributed by atoms with E-state index in [4.69, 9.17) is 9.47 Å². The van der Waals surface area contributed by atoms with Crippen molar-refractivity contribution < 1.29 is 28.2 Å². The second-order valence-corrected chi connectivity index (χ2v) is 9.47. The number of nitrogens with zero attached hydrogens (tertiary/aromatic N) is 2. The number of carbonyl (C=O) groups is 3. The van der Waals surface area contributed by atoms with Gasteiger partial charge in [0.25, 0.3) is 0 Å². The minimum atomic E-state index is -0.565. The molecule has 31 heavy (non-hydrogen) atoms. The number of hydrogen-bond donors (Lipinski definition) is 1. The van der Waals surface area contributed by atoms with Crippen LogP contribution in [0.5, 0.6) is 0 Å². The zero-order chi connectivity index (χ0) is 22.5. The summed E-state index contributed by atoms with van der Waals surface area (Å²) < 4.78 is 25.5. The van der Waals surface area contributed by atoms with Gasteiger partial charge in [0, 0.05) is 26.6 Å². The molecule has 1 unspecified atom stereocenters. The van der Waals surface area contributed by atoms with E-state index in [1.165, 1.54) is 17.9 Å². The fraction of sp³-hybridized carbons (Fsp3) is 0.591. The molecule has 0 radical (unpaired) electrons. The highest BCUT2D eigenvalue weighted by atomic mass is 19.1. The van der Waals surface area contributed by atoms with Crippen molar-refractivity contribution in [1.29, 1.82) is 0 Å². The van der Waals surface area contributed by atoms with E-state index in [0.717, 1.165) is 0 Å². The largest absolute Gasteiger partial charge is 0.460 e. The lowest BCUT2D eigenvalue weighted by atomic mass is 10.1. The van der Waals surface area contributed by atoms with E-state index in [9.17, 15) is 18.8 Å². The molecule has 8 nitrogen and oxygen atoms in total. The minimum absolute atomic E-state index is 0.105. The van der Waals surface area contributed by atoms with Crippen LogP contribution in [0.4, 0.5) is 20.6 Å². The first-order chi connectivity index (χ1) is 14.5. The Hall–Kier alpha value is -2.84. The van der Waals surface area contributed by atoms with Crippen molar-refractivity contribution in [2.45, 2.75) is 39.3 Å². The molecular formula is C22H28FN3O5. The molecule has 2 aliphatic heterocycles. The third-order valence-corrected chi connectivity index (χ3v) is 5.97. The van der Waals surface area contributed by atoms with Gasteiger partial charge in [-0.1, -0.05) is 0 Å². The summed E-state index contributed by atoms with van der Waals surface area (Å²) in [6, 6.07) is 4.26. The van der Waals surface area contributed by atoms with Gasteiger partial charge in [-0.3, -0.25) is 14.5 Å². The van der Waals surface area contributed by atoms with E-state index < -0.39 is 23.6 Å². The number of nitrogens with one attached hydrogen (secondary N) is 1. The van der Waals surface area contributed by atoms with Crippen molar-refractivity contribution in [3.63, 3.8) is 0 Å². The highest BCUT2D eigenvalue weighted by Crippen LogP contribution is 2.53. The van der Waals surface area contributed by atoms with Gasteiger partial charge in [-0.05, 0) is 50.8 Å². The smallest absolute Gasteiger partial charge is 0.414 e. The van der Waals surface area contributed by atoms with E-state index in [-0.39, 0.29) is 42.8 Å². The molecule has 3 aliphatic rings. The topological polar surface area (TPSA) is 88.2 Å². The molecule has 9 heteroatoms. The van der Waals surface area contributed by atoms with Crippen LogP contribution in [0.2, 0.25) is 0 Å². The van der Waals surface area contributed by atoms with Gasteiger partial charge in [0.2, 0.25) is 5.91 Å². The second kappa shape index (κ2) is 7.69. The summed E-state index contributed by atoms with van der Waals surface area (Å²) in [5, 5.41) is 2.66. The zero-order valence-corrected chi connectivity index (χ0v) is 18.2. The van der Waals surface area contributed by atoms with Crippen molar-refractivity contribution in [1.82, 2.24) is 5.32 Å². The summed E-state index contributed by atoms with van der Waals surface area (Å²) in [6.45, 7) is 8.50. The summed E-state index contributed by atoms with van der Waals surface area (Å²) in [5.41, 5.74) is 0.323. The van der Waals surface area contributed by atoms with E-state index in [1.54, 1.807) is 12.1 Å². The summed E-state index contributed by atoms with van der Waals surface area (Å²) in [4.78, 5) is 38.9. The molecule has 1 aromatic carbocycles. The van der Waals surface area contributed by atoms with Crippen molar-refractivity contribution in [3.8, 4) is 0 Å². The normalized spacial score (nSPS) is 27.1. The highest BCUT2D eigenvalue weighted by molar-refractivity contribution is 5.91. The first-order valence-electron chi connectivity index (χ1n) is 10.5. The lowest BCUT2D eigenvalue weighted by Gasteiger charge is -2.26. The molecule has 4 atom stereocenters. The quantitative estimate of drug-likeness (QED) is 0.717. The molecule has 1 aliphatic carbocycles. The molecule has 4 rings (SSSR count). The number of halogens is 1. The Bertz CT molecular complexity index is 903. The number of hydrogen-bond acceptors (Lipinski definition) is 6. The van der Waals surface area contributed by atoms with Gasteiger partial charge in [-0.25, -0.2) is 9.18 Å². The third-order valence-electron chi connectivity index (χ3n) is 5.97. The van der Waals surface area contributed by atoms with Crippen LogP contribution in [0.1, 0.15) is 27.7 Å². The number of fused-ring (bicyclic) bond motifs is 1. The van der Waals surface area contributed by atoms with Gasteiger partial charge >= 0.3 is 12.1 Å². The van der Waals surface area contributed by atoms with E-state index in [0.29, 0.717) is 24.5 Å². The number of esters is 1. The Morgan fingerprint density at radius 1 is 1.26 bits per heavy atom. The van der Waals surface area contributed by atoms with Gasteiger partial charge in [0.05, 0.1) is 23.3 Å². The zero-order valence-electron chi connectivity index (χ0n) is 18.2. The monoisotopic (exact) mass is 433 g/mol. The fourth-order valence-corrected chi connectivity index (χ4v) is 4.53. The number of ether oxygens (including phenoxy) is 2. The molecule has 1 aromatic rings. The average molecular weight is 433 g/mol.